The molecule has 0 atom stereocenters. The normalized spacial score (nSPS) is 11.6. The lowest BCUT2D eigenvalue weighted by atomic mass is 10.1. The van der Waals surface area contributed by atoms with Crippen LogP contribution in [0.25, 0.3) is 0 Å². The molecule has 0 saturated heterocycles. The largest absolute Gasteiger partial charge is 0.386 e. The van der Waals surface area contributed by atoms with Crippen LogP contribution in [0.4, 0.5) is 0 Å². The zero-order chi connectivity index (χ0) is 27.8. The number of carbonyl (C=O) groups excluding carboxylic acids is 2. The van der Waals surface area contributed by atoms with Gasteiger partial charge in [0.1, 0.15) is 0 Å². The first-order valence-corrected chi connectivity index (χ1v) is 13.7. The maximum Gasteiger partial charge on any atom is 0.161 e. The summed E-state index contributed by atoms with van der Waals surface area (Å²) in [6, 6.07) is 39.9. The second-order valence-electron chi connectivity index (χ2n) is 9.77. The third-order valence-corrected chi connectivity index (χ3v) is 6.42. The number of carbonyl (C=O) groups is 2. The van der Waals surface area contributed by atoms with Crippen LogP contribution in [-0.2, 0) is 35.3 Å². The van der Waals surface area contributed by atoms with Crippen LogP contribution in [-0.4, -0.2) is 24.7 Å². The smallest absolute Gasteiger partial charge is 0.161 e. The SMILES string of the molecule is O=C(/C=C(/Cc1ccccc1)NCCN/C(=C\C(=O)Cc1ccccc1)Cc1ccccc1)Cc1ccccc1. The first-order chi connectivity index (χ1) is 19.6. The fourth-order valence-corrected chi connectivity index (χ4v) is 4.49. The predicted molar refractivity (Wildman–Crippen MR) is 163 cm³/mol. The highest BCUT2D eigenvalue weighted by molar-refractivity contribution is 5.92. The van der Waals surface area contributed by atoms with Crippen LogP contribution in [0.1, 0.15) is 22.3 Å². The summed E-state index contributed by atoms with van der Waals surface area (Å²) < 4.78 is 0. The van der Waals surface area contributed by atoms with Crippen molar-refractivity contribution in [2.75, 3.05) is 13.1 Å². The Hall–Kier alpha value is -4.70. The van der Waals surface area contributed by atoms with Crippen LogP contribution in [0.15, 0.2) is 145 Å². The van der Waals surface area contributed by atoms with Gasteiger partial charge < -0.3 is 10.6 Å². The van der Waals surface area contributed by atoms with Crippen molar-refractivity contribution in [3.63, 3.8) is 0 Å². The Morgan fingerprint density at radius 3 is 1.00 bits per heavy atom. The summed E-state index contributed by atoms with van der Waals surface area (Å²) in [6.45, 7) is 1.21. The van der Waals surface area contributed by atoms with E-state index in [1.807, 2.05) is 97.1 Å². The van der Waals surface area contributed by atoms with Crippen molar-refractivity contribution in [3.8, 4) is 0 Å². The lowest BCUT2D eigenvalue weighted by Crippen LogP contribution is -2.29. The molecule has 0 amide bonds. The number of ketones is 2. The second-order valence-corrected chi connectivity index (χ2v) is 9.77. The van der Waals surface area contributed by atoms with Gasteiger partial charge in [0.15, 0.2) is 11.6 Å². The molecule has 0 aliphatic heterocycles. The molecule has 4 rings (SSSR count). The number of hydrogen-bond acceptors (Lipinski definition) is 4. The molecule has 0 aliphatic rings. The summed E-state index contributed by atoms with van der Waals surface area (Å²) in [5, 5.41) is 6.93. The van der Waals surface area contributed by atoms with Gasteiger partial charge in [0.2, 0.25) is 0 Å². The molecule has 0 heterocycles. The number of hydrogen-bond donors (Lipinski definition) is 2. The van der Waals surface area contributed by atoms with Gasteiger partial charge in [0, 0.05) is 62.3 Å². The van der Waals surface area contributed by atoms with Crippen LogP contribution in [0.2, 0.25) is 0 Å². The van der Waals surface area contributed by atoms with E-state index < -0.39 is 0 Å². The Morgan fingerprint density at radius 1 is 0.425 bits per heavy atom. The second kappa shape index (κ2) is 15.6. The van der Waals surface area contributed by atoms with E-state index in [0.29, 0.717) is 38.8 Å². The van der Waals surface area contributed by atoms with Gasteiger partial charge in [0.25, 0.3) is 0 Å². The molecule has 4 aromatic rings. The Kier molecular flexibility index (Phi) is 11.1. The molecule has 0 spiro atoms. The summed E-state index contributed by atoms with van der Waals surface area (Å²) in [5.74, 6) is 0.127. The van der Waals surface area contributed by atoms with Gasteiger partial charge in [-0.25, -0.2) is 0 Å². The van der Waals surface area contributed by atoms with E-state index in [4.69, 9.17) is 0 Å². The molecule has 4 aromatic carbocycles. The maximum absolute atomic E-state index is 12.8. The molecule has 0 radical (unpaired) electrons. The average molecular weight is 529 g/mol. The highest BCUT2D eigenvalue weighted by atomic mass is 16.1. The molecule has 4 heteroatoms. The summed E-state index contributed by atoms with van der Waals surface area (Å²) in [7, 11) is 0. The van der Waals surface area contributed by atoms with Crippen molar-refractivity contribution in [1.82, 2.24) is 10.6 Å². The zero-order valence-electron chi connectivity index (χ0n) is 22.8. The lowest BCUT2D eigenvalue weighted by molar-refractivity contribution is -0.114. The van der Waals surface area contributed by atoms with Crippen LogP contribution < -0.4 is 10.6 Å². The Balaban J connectivity index is 1.40. The standard InChI is InChI=1S/C36H36N2O2/c39-35(25-31-17-9-3-10-18-31)27-33(23-29-13-5-1-6-14-29)37-21-22-38-34(24-30-15-7-2-8-16-30)28-36(40)26-32-19-11-4-12-20-32/h1-20,27-28,37-38H,21-26H2/b33-27-,34-28-. The minimum atomic E-state index is 0.0637. The van der Waals surface area contributed by atoms with Crippen molar-refractivity contribution in [3.05, 3.63) is 167 Å². The van der Waals surface area contributed by atoms with E-state index >= 15 is 0 Å². The van der Waals surface area contributed by atoms with Gasteiger partial charge in [-0.2, -0.15) is 0 Å². The fraction of sp³-hybridized carbons (Fsp3) is 0.167. The first-order valence-electron chi connectivity index (χ1n) is 13.7. The van der Waals surface area contributed by atoms with Gasteiger partial charge in [-0.3, -0.25) is 9.59 Å². The monoisotopic (exact) mass is 528 g/mol. The number of allylic oxidation sites excluding steroid dienone is 4. The molecule has 0 bridgehead atoms. The van der Waals surface area contributed by atoms with Crippen molar-refractivity contribution in [2.24, 2.45) is 0 Å². The molecule has 0 saturated carbocycles. The minimum Gasteiger partial charge on any atom is -0.386 e. The predicted octanol–water partition coefficient (Wildman–Crippen LogP) is 6.04. The molecule has 0 aromatic heterocycles. The topological polar surface area (TPSA) is 58.2 Å². The van der Waals surface area contributed by atoms with Gasteiger partial charge >= 0.3 is 0 Å². The van der Waals surface area contributed by atoms with Crippen LogP contribution in [0.3, 0.4) is 0 Å². The van der Waals surface area contributed by atoms with E-state index in [1.54, 1.807) is 12.2 Å². The molecule has 0 unspecified atom stereocenters. The third-order valence-electron chi connectivity index (χ3n) is 6.42. The molecule has 4 nitrogen and oxygen atoms in total. The van der Waals surface area contributed by atoms with E-state index in [1.165, 1.54) is 0 Å². The maximum atomic E-state index is 12.8. The molecular weight excluding hydrogens is 492 g/mol. The number of nitrogens with one attached hydrogen (secondary N) is 2. The summed E-state index contributed by atoms with van der Waals surface area (Å²) >= 11 is 0. The van der Waals surface area contributed by atoms with Crippen molar-refractivity contribution < 1.29 is 9.59 Å². The Bertz CT molecular complexity index is 1290. The quantitative estimate of drug-likeness (QED) is 0.146. The molecule has 40 heavy (non-hydrogen) atoms. The van der Waals surface area contributed by atoms with Crippen LogP contribution >= 0.6 is 0 Å². The Labute approximate surface area is 237 Å². The molecule has 0 aliphatic carbocycles. The van der Waals surface area contributed by atoms with Gasteiger partial charge in [0.05, 0.1) is 0 Å². The average Bonchev–Trinajstić information content (AvgIpc) is 2.97. The highest BCUT2D eigenvalue weighted by Gasteiger charge is 2.08. The van der Waals surface area contributed by atoms with Crippen LogP contribution in [0.5, 0.6) is 0 Å². The summed E-state index contributed by atoms with van der Waals surface area (Å²) in [6.07, 6.45) is 5.47. The number of benzene rings is 4. The van der Waals surface area contributed by atoms with Crippen molar-refractivity contribution in [2.45, 2.75) is 25.7 Å². The van der Waals surface area contributed by atoms with E-state index in [-0.39, 0.29) is 11.6 Å². The lowest BCUT2D eigenvalue weighted by Gasteiger charge is -2.15. The molecule has 202 valence electrons. The Morgan fingerprint density at radius 2 is 0.700 bits per heavy atom. The molecule has 0 fully saturated rings. The summed E-state index contributed by atoms with van der Waals surface area (Å²) in [4.78, 5) is 25.7. The van der Waals surface area contributed by atoms with Gasteiger partial charge in [-0.1, -0.05) is 121 Å². The molecular formula is C36H36N2O2. The summed E-state index contributed by atoms with van der Waals surface area (Å²) in [5.41, 5.74) is 6.03. The van der Waals surface area contributed by atoms with E-state index in [9.17, 15) is 9.59 Å². The van der Waals surface area contributed by atoms with Gasteiger partial charge in [-0.05, 0) is 22.3 Å². The molecule has 2 N–H and O–H groups in total. The highest BCUT2D eigenvalue weighted by Crippen LogP contribution is 2.10. The van der Waals surface area contributed by atoms with E-state index in [0.717, 1.165) is 33.6 Å². The fourth-order valence-electron chi connectivity index (χ4n) is 4.49. The van der Waals surface area contributed by atoms with Crippen molar-refractivity contribution in [1.29, 1.82) is 0 Å². The first kappa shape index (κ1) is 28.3. The van der Waals surface area contributed by atoms with Crippen LogP contribution in [0, 0.1) is 0 Å². The number of rotatable bonds is 15. The zero-order valence-corrected chi connectivity index (χ0v) is 22.8. The van der Waals surface area contributed by atoms with Crippen molar-refractivity contribution >= 4 is 11.6 Å². The third kappa shape index (κ3) is 10.2. The minimum absolute atomic E-state index is 0.0637. The van der Waals surface area contributed by atoms with Gasteiger partial charge in [-0.15, -0.1) is 0 Å². The van der Waals surface area contributed by atoms with E-state index in [2.05, 4.69) is 34.9 Å².